The molecule has 1 aromatic carbocycles. The first kappa shape index (κ1) is 20.9. The summed E-state index contributed by atoms with van der Waals surface area (Å²) in [6, 6.07) is 4.96. The number of aliphatic hydroxyl groups excluding tert-OH is 1. The molecule has 0 saturated heterocycles. The van der Waals surface area contributed by atoms with E-state index in [-0.39, 0.29) is 19.0 Å². The van der Waals surface area contributed by atoms with E-state index in [2.05, 4.69) is 15.6 Å². The zero-order valence-electron chi connectivity index (χ0n) is 14.5. The van der Waals surface area contributed by atoms with Gasteiger partial charge in [0.05, 0.1) is 33.3 Å². The molecule has 0 radical (unpaired) electrons. The summed E-state index contributed by atoms with van der Waals surface area (Å²) < 4.78 is 46.9. The Morgan fingerprint density at radius 3 is 2.44 bits per heavy atom. The van der Waals surface area contributed by atoms with Crippen molar-refractivity contribution >= 4 is 5.96 Å². The van der Waals surface area contributed by atoms with Crippen molar-refractivity contribution in [3.05, 3.63) is 23.8 Å². The van der Waals surface area contributed by atoms with Crippen molar-refractivity contribution < 1.29 is 27.8 Å². The van der Waals surface area contributed by atoms with Crippen molar-refractivity contribution in [2.75, 3.05) is 33.9 Å². The zero-order chi connectivity index (χ0) is 18.9. The van der Waals surface area contributed by atoms with E-state index in [1.54, 1.807) is 25.1 Å². The SMILES string of the molecule is CCNC(=NCC(O)c1ccc(OC)c(OC)c1)NCCC(F)(F)F. The number of ether oxygens (including phenoxy) is 2. The Bertz CT molecular complexity index is 565. The number of guanidine groups is 1. The molecule has 0 spiro atoms. The number of methoxy groups -OCH3 is 2. The third kappa shape index (κ3) is 7.51. The van der Waals surface area contributed by atoms with Gasteiger partial charge in [0, 0.05) is 13.1 Å². The topological polar surface area (TPSA) is 75.1 Å². The van der Waals surface area contributed by atoms with Gasteiger partial charge in [-0.15, -0.1) is 0 Å². The molecule has 0 aliphatic carbocycles. The van der Waals surface area contributed by atoms with Crippen LogP contribution in [0.25, 0.3) is 0 Å². The van der Waals surface area contributed by atoms with Crippen molar-refractivity contribution in [2.45, 2.75) is 25.6 Å². The molecule has 0 saturated carbocycles. The van der Waals surface area contributed by atoms with E-state index in [4.69, 9.17) is 9.47 Å². The lowest BCUT2D eigenvalue weighted by molar-refractivity contribution is -0.132. The van der Waals surface area contributed by atoms with Crippen molar-refractivity contribution in [1.82, 2.24) is 10.6 Å². The van der Waals surface area contributed by atoms with Crippen molar-refractivity contribution in [3.8, 4) is 11.5 Å². The summed E-state index contributed by atoms with van der Waals surface area (Å²) >= 11 is 0. The van der Waals surface area contributed by atoms with Gasteiger partial charge in [0.1, 0.15) is 0 Å². The standard InChI is InChI=1S/C16H24F3N3O3/c1-4-20-15(21-8-7-16(17,18)19)22-10-12(23)11-5-6-13(24-2)14(9-11)25-3/h5-6,9,12,23H,4,7-8,10H2,1-3H3,(H2,20,21,22). The first-order valence-corrected chi connectivity index (χ1v) is 7.79. The molecule has 1 atom stereocenters. The average molecular weight is 363 g/mol. The van der Waals surface area contributed by atoms with Gasteiger partial charge in [-0.25, -0.2) is 0 Å². The second kappa shape index (κ2) is 9.97. The molecule has 0 fully saturated rings. The van der Waals surface area contributed by atoms with Crippen LogP contribution in [-0.2, 0) is 0 Å². The molecule has 1 aromatic rings. The average Bonchev–Trinajstić information content (AvgIpc) is 2.57. The Hall–Kier alpha value is -2.16. The number of aliphatic hydroxyl groups is 1. The summed E-state index contributed by atoms with van der Waals surface area (Å²) in [5.74, 6) is 1.22. The van der Waals surface area contributed by atoms with Gasteiger partial charge in [0.25, 0.3) is 0 Å². The summed E-state index contributed by atoms with van der Waals surface area (Å²) in [5, 5.41) is 15.7. The minimum absolute atomic E-state index is 0.0170. The third-order valence-corrected chi connectivity index (χ3v) is 3.26. The smallest absolute Gasteiger partial charge is 0.390 e. The molecule has 0 heterocycles. The van der Waals surface area contributed by atoms with Crippen LogP contribution in [-0.4, -0.2) is 51.1 Å². The Balaban J connectivity index is 2.71. The molecule has 1 unspecified atom stereocenters. The minimum Gasteiger partial charge on any atom is -0.493 e. The zero-order valence-corrected chi connectivity index (χ0v) is 14.5. The maximum atomic E-state index is 12.2. The molecule has 1 rings (SSSR count). The third-order valence-electron chi connectivity index (χ3n) is 3.26. The van der Waals surface area contributed by atoms with Crippen LogP contribution >= 0.6 is 0 Å². The van der Waals surface area contributed by atoms with E-state index in [0.29, 0.717) is 23.6 Å². The monoisotopic (exact) mass is 363 g/mol. The molecular weight excluding hydrogens is 339 g/mol. The lowest BCUT2D eigenvalue weighted by atomic mass is 10.1. The maximum absolute atomic E-state index is 12.2. The van der Waals surface area contributed by atoms with Gasteiger partial charge in [-0.05, 0) is 24.6 Å². The highest BCUT2D eigenvalue weighted by molar-refractivity contribution is 5.79. The Labute approximate surface area is 145 Å². The van der Waals surface area contributed by atoms with Crippen LogP contribution in [0.2, 0.25) is 0 Å². The second-order valence-electron chi connectivity index (χ2n) is 5.14. The van der Waals surface area contributed by atoms with Crippen LogP contribution in [0.15, 0.2) is 23.2 Å². The number of aliphatic imine (C=N–C) groups is 1. The first-order valence-electron chi connectivity index (χ1n) is 7.79. The molecule has 0 aromatic heterocycles. The van der Waals surface area contributed by atoms with E-state index >= 15 is 0 Å². The summed E-state index contributed by atoms with van der Waals surface area (Å²) in [6.45, 7) is 1.98. The summed E-state index contributed by atoms with van der Waals surface area (Å²) in [4.78, 5) is 4.11. The Morgan fingerprint density at radius 2 is 1.88 bits per heavy atom. The highest BCUT2D eigenvalue weighted by Crippen LogP contribution is 2.30. The second-order valence-corrected chi connectivity index (χ2v) is 5.14. The van der Waals surface area contributed by atoms with Gasteiger partial charge < -0.3 is 25.2 Å². The number of hydrogen-bond donors (Lipinski definition) is 3. The van der Waals surface area contributed by atoms with Gasteiger partial charge in [-0.1, -0.05) is 6.07 Å². The van der Waals surface area contributed by atoms with Crippen LogP contribution in [0.4, 0.5) is 13.2 Å². The van der Waals surface area contributed by atoms with Crippen molar-refractivity contribution in [2.24, 2.45) is 4.99 Å². The van der Waals surface area contributed by atoms with Crippen LogP contribution in [0, 0.1) is 0 Å². The fraction of sp³-hybridized carbons (Fsp3) is 0.562. The number of alkyl halides is 3. The lowest BCUT2D eigenvalue weighted by Gasteiger charge is -2.15. The molecule has 6 nitrogen and oxygen atoms in total. The molecule has 0 aliphatic rings. The molecule has 3 N–H and O–H groups in total. The van der Waals surface area contributed by atoms with E-state index in [1.807, 2.05) is 0 Å². The molecule has 0 amide bonds. The van der Waals surface area contributed by atoms with Crippen LogP contribution in [0.3, 0.4) is 0 Å². The highest BCUT2D eigenvalue weighted by Gasteiger charge is 2.26. The van der Waals surface area contributed by atoms with Gasteiger partial charge in [0.15, 0.2) is 17.5 Å². The maximum Gasteiger partial charge on any atom is 0.390 e. The number of hydrogen-bond acceptors (Lipinski definition) is 4. The quantitative estimate of drug-likeness (QED) is 0.488. The van der Waals surface area contributed by atoms with E-state index in [1.165, 1.54) is 14.2 Å². The molecule has 0 aliphatic heterocycles. The normalized spacial score (nSPS) is 13.3. The van der Waals surface area contributed by atoms with Crippen molar-refractivity contribution in [1.29, 1.82) is 0 Å². The van der Waals surface area contributed by atoms with E-state index in [9.17, 15) is 18.3 Å². The number of halogens is 3. The molecule has 142 valence electrons. The van der Waals surface area contributed by atoms with Gasteiger partial charge in [0.2, 0.25) is 0 Å². The molecule has 0 bridgehead atoms. The minimum atomic E-state index is -4.23. The number of rotatable bonds is 8. The fourth-order valence-electron chi connectivity index (χ4n) is 2.01. The molecule has 9 heteroatoms. The lowest BCUT2D eigenvalue weighted by Crippen LogP contribution is -2.39. The Kier molecular flexibility index (Phi) is 8.33. The molecular formula is C16H24F3N3O3. The van der Waals surface area contributed by atoms with Crippen LogP contribution in [0.5, 0.6) is 11.5 Å². The first-order chi connectivity index (χ1) is 11.8. The fourth-order valence-corrected chi connectivity index (χ4v) is 2.01. The van der Waals surface area contributed by atoms with Crippen LogP contribution < -0.4 is 20.1 Å². The number of nitrogens with one attached hydrogen (secondary N) is 2. The van der Waals surface area contributed by atoms with E-state index in [0.717, 1.165) is 0 Å². The predicted molar refractivity (Wildman–Crippen MR) is 89.2 cm³/mol. The van der Waals surface area contributed by atoms with E-state index < -0.39 is 18.7 Å². The van der Waals surface area contributed by atoms with Gasteiger partial charge in [-0.2, -0.15) is 13.2 Å². The summed E-state index contributed by atoms with van der Waals surface area (Å²) in [6.07, 6.45) is -6.13. The van der Waals surface area contributed by atoms with Crippen molar-refractivity contribution in [3.63, 3.8) is 0 Å². The molecule has 25 heavy (non-hydrogen) atoms. The number of benzene rings is 1. The Morgan fingerprint density at radius 1 is 1.20 bits per heavy atom. The predicted octanol–water partition coefficient (Wildman–Crippen LogP) is 2.24. The largest absolute Gasteiger partial charge is 0.493 e. The highest BCUT2D eigenvalue weighted by atomic mass is 19.4. The number of nitrogens with zero attached hydrogens (tertiary/aromatic N) is 1. The summed E-state index contributed by atoms with van der Waals surface area (Å²) in [5.41, 5.74) is 0.563. The summed E-state index contributed by atoms with van der Waals surface area (Å²) in [7, 11) is 2.99. The van der Waals surface area contributed by atoms with Gasteiger partial charge in [-0.3, -0.25) is 4.99 Å². The van der Waals surface area contributed by atoms with Crippen LogP contribution in [0.1, 0.15) is 25.0 Å². The van der Waals surface area contributed by atoms with Gasteiger partial charge >= 0.3 is 6.18 Å².